The molecule has 0 aliphatic carbocycles. The number of nitrogens with two attached hydrogens (primary N) is 2. The Bertz CT molecular complexity index is 975. The number of hydrogen-bond acceptors (Lipinski definition) is 6. The first-order valence-corrected chi connectivity index (χ1v) is 7.76. The monoisotopic (exact) mass is 361 g/mol. The molecule has 1 aromatic heterocycles. The molecular formula is C16H10F3N5S. The second kappa shape index (κ2) is 5.72. The molecule has 0 unspecified atom stereocenters. The third-order valence-corrected chi connectivity index (χ3v) is 4.94. The topological polar surface area (TPSA) is 112 Å². The van der Waals surface area contributed by atoms with E-state index in [9.17, 15) is 18.4 Å². The maximum absolute atomic E-state index is 13.5. The van der Waals surface area contributed by atoms with E-state index in [0.29, 0.717) is 5.00 Å². The van der Waals surface area contributed by atoms with Crippen LogP contribution in [0, 0.1) is 22.7 Å². The van der Waals surface area contributed by atoms with E-state index >= 15 is 0 Å². The Balaban J connectivity index is 2.35. The maximum Gasteiger partial charge on any atom is 0.416 e. The molecule has 3 rings (SSSR count). The van der Waals surface area contributed by atoms with Crippen molar-refractivity contribution in [3.8, 4) is 12.1 Å². The molecule has 0 saturated heterocycles. The zero-order valence-electron chi connectivity index (χ0n) is 12.5. The van der Waals surface area contributed by atoms with Crippen molar-refractivity contribution in [3.05, 3.63) is 57.2 Å². The van der Waals surface area contributed by atoms with Crippen LogP contribution in [0.25, 0.3) is 0 Å². The average Bonchev–Trinajstić information content (AvgIpc) is 2.88. The zero-order chi connectivity index (χ0) is 18.4. The zero-order valence-corrected chi connectivity index (χ0v) is 13.3. The summed E-state index contributed by atoms with van der Waals surface area (Å²) in [5.74, 6) is -1.15. The van der Waals surface area contributed by atoms with Gasteiger partial charge in [-0.1, -0.05) is 18.2 Å². The number of nitrogens with zero attached hydrogens (tertiary/aromatic N) is 2. The Morgan fingerprint density at radius 1 is 1.12 bits per heavy atom. The third-order valence-electron chi connectivity index (χ3n) is 3.90. The molecule has 1 aliphatic heterocycles. The molecule has 5 N–H and O–H groups in total. The van der Waals surface area contributed by atoms with Gasteiger partial charge in [-0.3, -0.25) is 0 Å². The van der Waals surface area contributed by atoms with E-state index in [0.717, 1.165) is 17.4 Å². The minimum Gasteiger partial charge on any atom is -0.397 e. The van der Waals surface area contributed by atoms with Gasteiger partial charge in [-0.05, 0) is 11.6 Å². The number of nitriles is 2. The molecule has 5 nitrogen and oxygen atoms in total. The van der Waals surface area contributed by atoms with Gasteiger partial charge in [0.25, 0.3) is 0 Å². The number of fused-ring (bicyclic) bond motifs is 1. The van der Waals surface area contributed by atoms with Gasteiger partial charge in [-0.25, -0.2) is 0 Å². The van der Waals surface area contributed by atoms with Crippen molar-refractivity contribution in [2.45, 2.75) is 12.1 Å². The molecule has 25 heavy (non-hydrogen) atoms. The smallest absolute Gasteiger partial charge is 0.397 e. The van der Waals surface area contributed by atoms with Gasteiger partial charge in [0.2, 0.25) is 0 Å². The van der Waals surface area contributed by atoms with Crippen LogP contribution in [0.2, 0.25) is 0 Å². The van der Waals surface area contributed by atoms with Crippen LogP contribution < -0.4 is 16.8 Å². The molecule has 0 fully saturated rings. The number of hydrogen-bond donors (Lipinski definition) is 3. The number of nitrogen functional groups attached to an aromatic ring is 1. The second-order valence-electron chi connectivity index (χ2n) is 5.28. The van der Waals surface area contributed by atoms with Crippen LogP contribution in [0.5, 0.6) is 0 Å². The van der Waals surface area contributed by atoms with Crippen LogP contribution >= 0.6 is 11.3 Å². The first-order valence-electron chi connectivity index (χ1n) is 6.94. The summed E-state index contributed by atoms with van der Waals surface area (Å²) in [6.45, 7) is 0. The van der Waals surface area contributed by atoms with E-state index in [1.165, 1.54) is 18.2 Å². The number of anilines is 2. The summed E-state index contributed by atoms with van der Waals surface area (Å²) in [5, 5.41) is 21.7. The van der Waals surface area contributed by atoms with Gasteiger partial charge in [0, 0.05) is 5.56 Å². The van der Waals surface area contributed by atoms with Gasteiger partial charge in [0.05, 0.1) is 28.8 Å². The Morgan fingerprint density at radius 3 is 2.40 bits per heavy atom. The van der Waals surface area contributed by atoms with Crippen LogP contribution in [0.4, 0.5) is 23.9 Å². The minimum atomic E-state index is -4.61. The lowest BCUT2D eigenvalue weighted by molar-refractivity contribution is -0.138. The van der Waals surface area contributed by atoms with E-state index in [4.69, 9.17) is 16.7 Å². The quantitative estimate of drug-likeness (QED) is 0.720. The molecule has 0 saturated carbocycles. The van der Waals surface area contributed by atoms with Crippen LogP contribution in [0.1, 0.15) is 27.5 Å². The van der Waals surface area contributed by atoms with Crippen LogP contribution in [-0.4, -0.2) is 0 Å². The first kappa shape index (κ1) is 16.7. The van der Waals surface area contributed by atoms with Gasteiger partial charge < -0.3 is 16.8 Å². The fourth-order valence-electron chi connectivity index (χ4n) is 2.85. The van der Waals surface area contributed by atoms with Crippen LogP contribution in [0.3, 0.4) is 0 Å². The number of nitrogens with one attached hydrogen (secondary N) is 1. The van der Waals surface area contributed by atoms with Gasteiger partial charge in [0.15, 0.2) is 0 Å². The minimum absolute atomic E-state index is 0.0530. The summed E-state index contributed by atoms with van der Waals surface area (Å²) < 4.78 is 40.4. The molecule has 1 aromatic carbocycles. The van der Waals surface area contributed by atoms with Crippen molar-refractivity contribution in [1.82, 2.24) is 0 Å². The summed E-state index contributed by atoms with van der Waals surface area (Å²) in [4.78, 5) is 0.152. The number of alkyl halides is 3. The van der Waals surface area contributed by atoms with Gasteiger partial charge in [-0.15, -0.1) is 11.3 Å². The molecule has 1 atom stereocenters. The fraction of sp³-hybridized carbons (Fsp3) is 0.125. The van der Waals surface area contributed by atoms with Crippen LogP contribution in [-0.2, 0) is 6.18 Å². The van der Waals surface area contributed by atoms with Gasteiger partial charge >= 0.3 is 6.18 Å². The Hall–Kier alpha value is -3.17. The summed E-state index contributed by atoms with van der Waals surface area (Å²) in [6.07, 6.45) is -4.61. The summed E-state index contributed by atoms with van der Waals surface area (Å²) >= 11 is 0.988. The number of thiophene rings is 1. The highest BCUT2D eigenvalue weighted by Gasteiger charge is 2.40. The fourth-order valence-corrected chi connectivity index (χ4v) is 3.82. The van der Waals surface area contributed by atoms with Gasteiger partial charge in [0.1, 0.15) is 21.8 Å². The van der Waals surface area contributed by atoms with Gasteiger partial charge in [-0.2, -0.15) is 23.7 Å². The number of allylic oxidation sites excluding steroid dienone is 1. The molecule has 0 spiro atoms. The van der Waals surface area contributed by atoms with Crippen molar-refractivity contribution in [1.29, 1.82) is 10.5 Å². The molecule has 126 valence electrons. The molecule has 0 radical (unpaired) electrons. The lowest BCUT2D eigenvalue weighted by Crippen LogP contribution is -2.24. The highest BCUT2D eigenvalue weighted by atomic mass is 32.1. The predicted octanol–water partition coefficient (Wildman–Crippen LogP) is 3.47. The lowest BCUT2D eigenvalue weighted by atomic mass is 9.81. The van der Waals surface area contributed by atoms with Crippen LogP contribution in [0.15, 0.2) is 35.7 Å². The van der Waals surface area contributed by atoms with Crippen molar-refractivity contribution >= 4 is 22.0 Å². The van der Waals surface area contributed by atoms with E-state index in [1.807, 2.05) is 12.1 Å². The highest BCUT2D eigenvalue weighted by molar-refractivity contribution is 7.17. The lowest BCUT2D eigenvalue weighted by Gasteiger charge is -2.27. The standard InChI is InChI=1S/C16H10F3N5S/c17-16(18,19)9-4-2-1-3-7(9)11-8(5-20)14(23)24-15-12(11)13(22)10(6-21)25-15/h1-4,11,24H,22-23H2/t11-/m1/s1. The Kier molecular flexibility index (Phi) is 3.82. The normalized spacial score (nSPS) is 16.6. The molecular weight excluding hydrogens is 351 g/mol. The Morgan fingerprint density at radius 2 is 1.80 bits per heavy atom. The second-order valence-corrected chi connectivity index (χ2v) is 6.30. The first-order chi connectivity index (χ1) is 11.8. The number of benzene rings is 1. The maximum atomic E-state index is 13.5. The predicted molar refractivity (Wildman–Crippen MR) is 87.2 cm³/mol. The van der Waals surface area contributed by atoms with E-state index in [2.05, 4.69) is 5.32 Å². The molecule has 2 aromatic rings. The molecule has 0 bridgehead atoms. The third kappa shape index (κ3) is 2.55. The number of halogens is 3. The van der Waals surface area contributed by atoms with Crippen molar-refractivity contribution in [2.24, 2.45) is 5.73 Å². The molecule has 1 aliphatic rings. The largest absolute Gasteiger partial charge is 0.416 e. The molecule has 2 heterocycles. The molecule has 0 amide bonds. The highest BCUT2D eigenvalue weighted by Crippen LogP contribution is 2.50. The summed E-state index contributed by atoms with van der Waals surface area (Å²) in [7, 11) is 0. The molecule has 9 heteroatoms. The SMILES string of the molecule is N#CC1=C(N)Nc2sc(C#N)c(N)c2[C@@H]1c1ccccc1C(F)(F)F. The van der Waals surface area contributed by atoms with E-state index < -0.39 is 17.7 Å². The summed E-state index contributed by atoms with van der Waals surface area (Å²) in [5.41, 5.74) is 11.1. The van der Waals surface area contributed by atoms with Crippen molar-refractivity contribution in [3.63, 3.8) is 0 Å². The van der Waals surface area contributed by atoms with Crippen molar-refractivity contribution in [2.75, 3.05) is 11.1 Å². The summed E-state index contributed by atoms with van der Waals surface area (Å²) in [6, 6.07) is 8.72. The van der Waals surface area contributed by atoms with E-state index in [-0.39, 0.29) is 33.1 Å². The van der Waals surface area contributed by atoms with Crippen molar-refractivity contribution < 1.29 is 13.2 Å². The van der Waals surface area contributed by atoms with E-state index in [1.54, 1.807) is 0 Å². The average molecular weight is 361 g/mol. The Labute approximate surface area is 144 Å². The number of rotatable bonds is 1.